The Hall–Kier alpha value is -2.66. The lowest BCUT2D eigenvalue weighted by Gasteiger charge is -2.20. The summed E-state index contributed by atoms with van der Waals surface area (Å²) < 4.78 is 5.30. The summed E-state index contributed by atoms with van der Waals surface area (Å²) in [5, 5.41) is 7.79. The summed E-state index contributed by atoms with van der Waals surface area (Å²) in [7, 11) is 0. The highest BCUT2D eigenvalue weighted by atomic mass is 35.5. The van der Waals surface area contributed by atoms with Gasteiger partial charge in [-0.15, -0.1) is 0 Å². The van der Waals surface area contributed by atoms with Gasteiger partial charge in [0.05, 0.1) is 6.04 Å². The topological polar surface area (TPSA) is 68.0 Å². The summed E-state index contributed by atoms with van der Waals surface area (Å²) in [5.74, 6) is 1.22. The molecule has 2 aromatic carbocycles. The first-order valence-corrected chi connectivity index (χ1v) is 10.1. The lowest BCUT2D eigenvalue weighted by Crippen LogP contribution is -2.29. The van der Waals surface area contributed by atoms with E-state index in [0.717, 1.165) is 11.1 Å². The minimum absolute atomic E-state index is 0.0330. The predicted molar refractivity (Wildman–Crippen MR) is 114 cm³/mol. The molecule has 1 atom stereocenters. The van der Waals surface area contributed by atoms with Gasteiger partial charge in [-0.05, 0) is 29.7 Å². The van der Waals surface area contributed by atoms with Crippen LogP contribution >= 0.6 is 11.6 Å². The Labute approximate surface area is 176 Å². The van der Waals surface area contributed by atoms with Crippen LogP contribution in [0.5, 0.6) is 0 Å². The number of aromatic nitrogens is 2. The van der Waals surface area contributed by atoms with Crippen LogP contribution in [0.4, 0.5) is 0 Å². The van der Waals surface area contributed by atoms with E-state index in [2.05, 4.69) is 15.5 Å². The molecule has 1 unspecified atom stereocenters. The number of carbonyl (C=O) groups excluding carboxylic acids is 1. The van der Waals surface area contributed by atoms with Gasteiger partial charge in [-0.2, -0.15) is 4.98 Å². The van der Waals surface area contributed by atoms with Gasteiger partial charge >= 0.3 is 0 Å². The minimum Gasteiger partial charge on any atom is -0.345 e. The van der Waals surface area contributed by atoms with Crippen LogP contribution in [0.3, 0.4) is 0 Å². The molecule has 0 aliphatic carbocycles. The molecular formula is C23H26ClN3O2. The SMILES string of the molecule is CC(C)(C)c1noc(CCCC(=O)NC(c2ccccc2)c2cccc(Cl)c2)n1. The number of benzene rings is 2. The van der Waals surface area contributed by atoms with Gasteiger partial charge in [0.2, 0.25) is 11.8 Å². The normalized spacial score (nSPS) is 12.6. The Morgan fingerprint density at radius 3 is 2.48 bits per heavy atom. The molecular weight excluding hydrogens is 386 g/mol. The number of nitrogens with one attached hydrogen (secondary N) is 1. The molecule has 29 heavy (non-hydrogen) atoms. The van der Waals surface area contributed by atoms with Crippen molar-refractivity contribution in [3.05, 3.63) is 82.5 Å². The number of aryl methyl sites for hydroxylation is 1. The third-order valence-corrected chi connectivity index (χ3v) is 4.79. The summed E-state index contributed by atoms with van der Waals surface area (Å²) in [6.07, 6.45) is 1.58. The summed E-state index contributed by atoms with van der Waals surface area (Å²) >= 11 is 6.16. The standard InChI is InChI=1S/C23H26ClN3O2/c1-23(2,3)22-26-20(29-27-22)14-8-13-19(28)25-21(16-9-5-4-6-10-16)17-11-7-12-18(24)15-17/h4-7,9-12,15,21H,8,13-14H2,1-3H3,(H,25,28). The molecule has 0 aliphatic heterocycles. The van der Waals surface area contributed by atoms with E-state index in [4.69, 9.17) is 16.1 Å². The van der Waals surface area contributed by atoms with Gasteiger partial charge in [0.25, 0.3) is 0 Å². The van der Waals surface area contributed by atoms with Crippen molar-refractivity contribution in [1.29, 1.82) is 0 Å². The van der Waals surface area contributed by atoms with E-state index < -0.39 is 0 Å². The van der Waals surface area contributed by atoms with Gasteiger partial charge in [0, 0.05) is 23.3 Å². The third kappa shape index (κ3) is 5.91. The number of carbonyl (C=O) groups is 1. The van der Waals surface area contributed by atoms with E-state index >= 15 is 0 Å². The van der Waals surface area contributed by atoms with Crippen molar-refractivity contribution in [1.82, 2.24) is 15.5 Å². The highest BCUT2D eigenvalue weighted by molar-refractivity contribution is 6.30. The molecule has 0 saturated heterocycles. The van der Waals surface area contributed by atoms with Crippen LogP contribution < -0.4 is 5.32 Å². The Bertz CT molecular complexity index is 948. The molecule has 0 spiro atoms. The van der Waals surface area contributed by atoms with Crippen molar-refractivity contribution in [3.63, 3.8) is 0 Å². The van der Waals surface area contributed by atoms with Gasteiger partial charge in [0.15, 0.2) is 5.82 Å². The molecule has 3 aromatic rings. The monoisotopic (exact) mass is 411 g/mol. The predicted octanol–water partition coefficient (Wildman–Crippen LogP) is 5.25. The maximum absolute atomic E-state index is 12.6. The Balaban J connectivity index is 1.62. The van der Waals surface area contributed by atoms with E-state index in [-0.39, 0.29) is 17.4 Å². The Kier molecular flexibility index (Phi) is 6.70. The molecule has 0 aliphatic rings. The van der Waals surface area contributed by atoms with E-state index in [1.807, 2.05) is 75.4 Å². The molecule has 6 heteroatoms. The average Bonchev–Trinajstić information content (AvgIpc) is 3.16. The van der Waals surface area contributed by atoms with E-state index in [1.54, 1.807) is 0 Å². The zero-order chi connectivity index (χ0) is 20.9. The molecule has 5 nitrogen and oxygen atoms in total. The van der Waals surface area contributed by atoms with E-state index in [0.29, 0.717) is 36.0 Å². The van der Waals surface area contributed by atoms with Gasteiger partial charge in [0.1, 0.15) is 0 Å². The summed E-state index contributed by atoms with van der Waals surface area (Å²) in [6.45, 7) is 6.11. The van der Waals surface area contributed by atoms with Gasteiger partial charge in [-0.25, -0.2) is 0 Å². The highest BCUT2D eigenvalue weighted by Crippen LogP contribution is 2.25. The molecule has 152 valence electrons. The molecule has 0 radical (unpaired) electrons. The van der Waals surface area contributed by atoms with Crippen LogP contribution in [-0.4, -0.2) is 16.0 Å². The van der Waals surface area contributed by atoms with Crippen LogP contribution in [0.15, 0.2) is 59.1 Å². The van der Waals surface area contributed by atoms with Gasteiger partial charge in [-0.3, -0.25) is 4.79 Å². The van der Waals surface area contributed by atoms with Gasteiger partial charge < -0.3 is 9.84 Å². The minimum atomic E-state index is -0.252. The van der Waals surface area contributed by atoms with Crippen LogP contribution in [0, 0.1) is 0 Å². The molecule has 1 heterocycles. The molecule has 1 N–H and O–H groups in total. The molecule has 0 fully saturated rings. The van der Waals surface area contributed by atoms with E-state index in [1.165, 1.54) is 0 Å². The fraction of sp³-hybridized carbons (Fsp3) is 0.348. The highest BCUT2D eigenvalue weighted by Gasteiger charge is 2.21. The van der Waals surface area contributed by atoms with Crippen LogP contribution in [0.1, 0.15) is 62.5 Å². The van der Waals surface area contributed by atoms with Crippen molar-refractivity contribution < 1.29 is 9.32 Å². The summed E-state index contributed by atoms with van der Waals surface area (Å²) in [5.41, 5.74) is 1.80. The first-order valence-electron chi connectivity index (χ1n) is 9.76. The third-order valence-electron chi connectivity index (χ3n) is 4.55. The molecule has 0 bridgehead atoms. The number of halogens is 1. The Morgan fingerprint density at radius 2 is 1.83 bits per heavy atom. The van der Waals surface area contributed by atoms with E-state index in [9.17, 15) is 4.79 Å². The second kappa shape index (κ2) is 9.23. The van der Waals surface area contributed by atoms with Crippen molar-refractivity contribution >= 4 is 17.5 Å². The molecule has 0 saturated carbocycles. The van der Waals surface area contributed by atoms with Crippen LogP contribution in [0.25, 0.3) is 0 Å². The lowest BCUT2D eigenvalue weighted by atomic mass is 9.96. The molecule has 3 rings (SSSR count). The maximum Gasteiger partial charge on any atom is 0.226 e. The van der Waals surface area contributed by atoms with Crippen LogP contribution in [-0.2, 0) is 16.6 Å². The molecule has 1 aromatic heterocycles. The largest absolute Gasteiger partial charge is 0.345 e. The quantitative estimate of drug-likeness (QED) is 0.576. The average molecular weight is 412 g/mol. The van der Waals surface area contributed by atoms with Crippen molar-refractivity contribution in [2.75, 3.05) is 0 Å². The summed E-state index contributed by atoms with van der Waals surface area (Å²) in [4.78, 5) is 17.0. The Morgan fingerprint density at radius 1 is 1.10 bits per heavy atom. The zero-order valence-corrected chi connectivity index (χ0v) is 17.7. The zero-order valence-electron chi connectivity index (χ0n) is 17.0. The summed E-state index contributed by atoms with van der Waals surface area (Å²) in [6, 6.07) is 17.2. The van der Waals surface area contributed by atoms with Crippen molar-refractivity contribution in [2.45, 2.75) is 51.5 Å². The van der Waals surface area contributed by atoms with Crippen molar-refractivity contribution in [2.24, 2.45) is 0 Å². The number of hydrogen-bond donors (Lipinski definition) is 1. The number of rotatable bonds is 7. The van der Waals surface area contributed by atoms with Gasteiger partial charge in [-0.1, -0.05) is 80.0 Å². The van der Waals surface area contributed by atoms with Crippen LogP contribution in [0.2, 0.25) is 5.02 Å². The second-order valence-electron chi connectivity index (χ2n) is 8.08. The fourth-order valence-corrected chi connectivity index (χ4v) is 3.18. The lowest BCUT2D eigenvalue weighted by molar-refractivity contribution is -0.121. The number of hydrogen-bond acceptors (Lipinski definition) is 4. The first-order chi connectivity index (χ1) is 13.8. The number of nitrogens with zero attached hydrogens (tertiary/aromatic N) is 2. The van der Waals surface area contributed by atoms with Crippen molar-refractivity contribution in [3.8, 4) is 0 Å². The smallest absolute Gasteiger partial charge is 0.226 e. The molecule has 1 amide bonds. The first kappa shape index (κ1) is 21.1. The number of amides is 1. The fourth-order valence-electron chi connectivity index (χ4n) is 2.99. The second-order valence-corrected chi connectivity index (χ2v) is 8.52. The maximum atomic E-state index is 12.6.